The van der Waals surface area contributed by atoms with Gasteiger partial charge >= 0.3 is 0 Å². The maximum absolute atomic E-state index is 13.7. The summed E-state index contributed by atoms with van der Waals surface area (Å²) in [6, 6.07) is 8.45. The average Bonchev–Trinajstić information content (AvgIpc) is 3.22. The molecule has 6 nitrogen and oxygen atoms in total. The molecule has 144 valence electrons. The van der Waals surface area contributed by atoms with Gasteiger partial charge in [-0.2, -0.15) is 0 Å². The molecule has 1 aliphatic heterocycles. The molecule has 1 N–H and O–H groups in total. The molecule has 8 heteroatoms. The summed E-state index contributed by atoms with van der Waals surface area (Å²) in [6.07, 6.45) is 1.75. The van der Waals surface area contributed by atoms with Crippen molar-refractivity contribution in [1.29, 1.82) is 0 Å². The highest BCUT2D eigenvalue weighted by Crippen LogP contribution is 2.27. The van der Waals surface area contributed by atoms with Gasteiger partial charge in [-0.1, -0.05) is 6.07 Å². The van der Waals surface area contributed by atoms with E-state index in [0.717, 1.165) is 29.5 Å². The summed E-state index contributed by atoms with van der Waals surface area (Å²) in [5.74, 6) is 0.148. The Labute approximate surface area is 166 Å². The molecular weight excluding hydrogens is 379 g/mol. The topological polar surface area (TPSA) is 67.4 Å². The number of nitrogens with zero attached hydrogens (tertiary/aromatic N) is 3. The highest BCUT2D eigenvalue weighted by atomic mass is 32.1. The summed E-state index contributed by atoms with van der Waals surface area (Å²) in [5.41, 5.74) is 2.14. The van der Waals surface area contributed by atoms with Crippen molar-refractivity contribution < 1.29 is 13.9 Å². The van der Waals surface area contributed by atoms with E-state index in [1.807, 2.05) is 12.1 Å². The van der Waals surface area contributed by atoms with Crippen LogP contribution in [0.25, 0.3) is 10.6 Å². The molecule has 28 heavy (non-hydrogen) atoms. The number of anilines is 2. The fourth-order valence-electron chi connectivity index (χ4n) is 2.89. The normalized spacial score (nSPS) is 14.1. The van der Waals surface area contributed by atoms with Crippen LogP contribution < -0.4 is 10.2 Å². The molecule has 0 atom stereocenters. The van der Waals surface area contributed by atoms with E-state index in [-0.39, 0.29) is 11.7 Å². The van der Waals surface area contributed by atoms with E-state index in [2.05, 4.69) is 20.2 Å². The van der Waals surface area contributed by atoms with Gasteiger partial charge in [-0.25, -0.2) is 14.4 Å². The molecule has 0 radical (unpaired) electrons. The monoisotopic (exact) mass is 398 g/mol. The maximum atomic E-state index is 13.7. The van der Waals surface area contributed by atoms with Gasteiger partial charge in [0.25, 0.3) is 5.91 Å². The van der Waals surface area contributed by atoms with Gasteiger partial charge in [0.2, 0.25) is 0 Å². The van der Waals surface area contributed by atoms with Crippen LogP contribution in [0.5, 0.6) is 0 Å². The highest BCUT2D eigenvalue weighted by Gasteiger charge is 2.16. The van der Waals surface area contributed by atoms with Crippen molar-refractivity contribution in [2.45, 2.75) is 6.92 Å². The van der Waals surface area contributed by atoms with Gasteiger partial charge in [0.05, 0.1) is 13.2 Å². The van der Waals surface area contributed by atoms with Gasteiger partial charge < -0.3 is 15.0 Å². The summed E-state index contributed by atoms with van der Waals surface area (Å²) in [5, 5.41) is 5.12. The number of carbonyl (C=O) groups is 1. The molecule has 0 aliphatic carbocycles. The Kier molecular flexibility index (Phi) is 5.31. The molecule has 0 saturated carbocycles. The third-order valence-corrected chi connectivity index (χ3v) is 5.39. The summed E-state index contributed by atoms with van der Waals surface area (Å²) in [4.78, 5) is 23.5. The molecule has 0 bridgehead atoms. The molecule has 0 unspecified atom stereocenters. The van der Waals surface area contributed by atoms with Crippen molar-refractivity contribution in [3.05, 3.63) is 59.0 Å². The van der Waals surface area contributed by atoms with Crippen LogP contribution in [-0.2, 0) is 4.74 Å². The lowest BCUT2D eigenvalue weighted by Crippen LogP contribution is -2.36. The smallest absolute Gasteiger partial charge is 0.275 e. The Morgan fingerprint density at radius 1 is 1.25 bits per heavy atom. The second-order valence-electron chi connectivity index (χ2n) is 6.46. The summed E-state index contributed by atoms with van der Waals surface area (Å²) >= 11 is 1.39. The van der Waals surface area contributed by atoms with Crippen LogP contribution in [0.1, 0.15) is 16.1 Å². The van der Waals surface area contributed by atoms with Gasteiger partial charge in [0.1, 0.15) is 22.3 Å². The van der Waals surface area contributed by atoms with E-state index in [1.54, 1.807) is 30.6 Å². The van der Waals surface area contributed by atoms with Crippen LogP contribution in [0.4, 0.5) is 15.9 Å². The lowest BCUT2D eigenvalue weighted by molar-refractivity contribution is 0.102. The number of hydrogen-bond donors (Lipinski definition) is 1. The van der Waals surface area contributed by atoms with E-state index in [4.69, 9.17) is 4.74 Å². The minimum absolute atomic E-state index is 0.297. The third-order valence-electron chi connectivity index (χ3n) is 4.49. The Morgan fingerprint density at radius 2 is 2.07 bits per heavy atom. The number of aryl methyl sites for hydroxylation is 1. The number of nitrogens with one attached hydrogen (secondary N) is 1. The molecule has 2 aromatic heterocycles. The lowest BCUT2D eigenvalue weighted by Gasteiger charge is -2.27. The zero-order valence-electron chi connectivity index (χ0n) is 15.3. The van der Waals surface area contributed by atoms with Gasteiger partial charge in [0.15, 0.2) is 0 Å². The number of halogens is 1. The van der Waals surface area contributed by atoms with Crippen molar-refractivity contribution in [3.63, 3.8) is 0 Å². The van der Waals surface area contributed by atoms with E-state index in [0.29, 0.717) is 30.2 Å². The molecule has 3 aromatic rings. The van der Waals surface area contributed by atoms with Crippen LogP contribution in [0.15, 0.2) is 41.9 Å². The Bertz CT molecular complexity index is 1000. The van der Waals surface area contributed by atoms with Crippen LogP contribution in [0.3, 0.4) is 0 Å². The first-order valence-corrected chi connectivity index (χ1v) is 9.80. The maximum Gasteiger partial charge on any atom is 0.275 e. The minimum Gasteiger partial charge on any atom is -0.378 e. The fraction of sp³-hybridized carbons (Fsp3) is 0.250. The second kappa shape index (κ2) is 8.04. The van der Waals surface area contributed by atoms with Gasteiger partial charge in [0, 0.05) is 35.9 Å². The predicted octanol–water partition coefficient (Wildman–Crippen LogP) is 3.74. The largest absolute Gasteiger partial charge is 0.378 e. The van der Waals surface area contributed by atoms with Gasteiger partial charge in [-0.05, 0) is 36.8 Å². The third kappa shape index (κ3) is 4.02. The van der Waals surface area contributed by atoms with Crippen LogP contribution in [-0.4, -0.2) is 42.2 Å². The number of carbonyl (C=O) groups excluding carboxylic acids is 1. The van der Waals surface area contributed by atoms with Crippen LogP contribution in [0.2, 0.25) is 0 Å². The molecule has 3 heterocycles. The first-order chi connectivity index (χ1) is 13.6. The van der Waals surface area contributed by atoms with Crippen molar-refractivity contribution in [3.8, 4) is 10.6 Å². The van der Waals surface area contributed by atoms with Gasteiger partial charge in [-0.15, -0.1) is 11.3 Å². The van der Waals surface area contributed by atoms with E-state index in [9.17, 15) is 9.18 Å². The first kappa shape index (κ1) is 18.5. The number of benzene rings is 1. The highest BCUT2D eigenvalue weighted by molar-refractivity contribution is 7.13. The average molecular weight is 398 g/mol. The van der Waals surface area contributed by atoms with Crippen molar-refractivity contribution in [2.24, 2.45) is 0 Å². The minimum atomic E-state index is -0.367. The molecule has 4 rings (SSSR count). The van der Waals surface area contributed by atoms with Gasteiger partial charge in [-0.3, -0.25) is 4.79 Å². The van der Waals surface area contributed by atoms with E-state index in [1.165, 1.54) is 17.4 Å². The van der Waals surface area contributed by atoms with Crippen LogP contribution in [0, 0.1) is 12.7 Å². The molecule has 1 fully saturated rings. The zero-order valence-corrected chi connectivity index (χ0v) is 16.1. The lowest BCUT2D eigenvalue weighted by atomic mass is 10.2. The van der Waals surface area contributed by atoms with Crippen molar-refractivity contribution in [2.75, 3.05) is 36.5 Å². The number of amides is 1. The molecule has 1 aromatic carbocycles. The quantitative estimate of drug-likeness (QED) is 0.725. The SMILES string of the molecule is Cc1ccc(NC(=O)c2csc(-c3ccnc(N4CCOCC4)c3)n2)cc1F. The molecule has 1 aliphatic rings. The summed E-state index contributed by atoms with van der Waals surface area (Å²) < 4.78 is 19.0. The Hall–Kier alpha value is -2.84. The van der Waals surface area contributed by atoms with E-state index < -0.39 is 0 Å². The predicted molar refractivity (Wildman–Crippen MR) is 107 cm³/mol. The number of thiazole rings is 1. The van der Waals surface area contributed by atoms with Crippen LogP contribution >= 0.6 is 11.3 Å². The fourth-order valence-corrected chi connectivity index (χ4v) is 3.69. The number of rotatable bonds is 4. The molecule has 1 amide bonds. The van der Waals surface area contributed by atoms with Crippen molar-refractivity contribution in [1.82, 2.24) is 9.97 Å². The Balaban J connectivity index is 1.50. The zero-order chi connectivity index (χ0) is 19.5. The molecule has 1 saturated heterocycles. The van der Waals surface area contributed by atoms with E-state index >= 15 is 0 Å². The Morgan fingerprint density at radius 3 is 2.86 bits per heavy atom. The van der Waals surface area contributed by atoms with Crippen molar-refractivity contribution >= 4 is 28.7 Å². The first-order valence-electron chi connectivity index (χ1n) is 8.92. The number of hydrogen-bond acceptors (Lipinski definition) is 6. The summed E-state index contributed by atoms with van der Waals surface area (Å²) in [7, 11) is 0. The number of aromatic nitrogens is 2. The number of morpholine rings is 1. The molecular formula is C20H19FN4O2S. The number of ether oxygens (including phenoxy) is 1. The number of pyridine rings is 1. The summed E-state index contributed by atoms with van der Waals surface area (Å²) in [6.45, 7) is 4.65. The standard InChI is InChI=1S/C20H19FN4O2S/c1-13-2-3-15(11-16(13)21)23-19(26)17-12-28-20(24-17)14-4-5-22-18(10-14)25-6-8-27-9-7-25/h2-5,10-12H,6-9H2,1H3,(H,23,26). The second-order valence-corrected chi connectivity index (χ2v) is 7.32. The molecule has 0 spiro atoms.